The lowest BCUT2D eigenvalue weighted by Gasteiger charge is -2.05. The molecule has 2 aromatic rings. The van der Waals surface area contributed by atoms with Gasteiger partial charge in [0.1, 0.15) is 0 Å². The molecule has 0 radical (unpaired) electrons. The largest absolute Gasteiger partial charge is 0.326 e. The van der Waals surface area contributed by atoms with E-state index in [1.807, 2.05) is 19.1 Å². The molecule has 0 heterocycles. The van der Waals surface area contributed by atoms with Gasteiger partial charge in [-0.25, -0.2) is 0 Å². The quantitative estimate of drug-likeness (QED) is 0.397. The van der Waals surface area contributed by atoms with Crippen molar-refractivity contribution in [3.05, 3.63) is 69.8 Å². The first kappa shape index (κ1) is 15.4. The van der Waals surface area contributed by atoms with Gasteiger partial charge in [0.2, 0.25) is 5.91 Å². The van der Waals surface area contributed by atoms with E-state index < -0.39 is 10.8 Å². The van der Waals surface area contributed by atoms with Crippen LogP contribution in [0.3, 0.4) is 0 Å². The minimum Gasteiger partial charge on any atom is -0.326 e. The highest BCUT2D eigenvalue weighted by Crippen LogP contribution is 2.14. The second-order valence-electron chi connectivity index (χ2n) is 4.82. The molecular weight excluding hydrogens is 284 g/mol. The summed E-state index contributed by atoms with van der Waals surface area (Å²) in [5.41, 5.74) is 1.80. The fraction of sp³-hybridized carbons (Fsp3) is 0.125. The normalized spacial score (nSPS) is 10.0. The van der Waals surface area contributed by atoms with Gasteiger partial charge in [0.25, 0.3) is 5.69 Å². The standard InChI is InChI=1S/C16H14N2O4/c1-11-3-2-4-13(9-11)17-16(20)10-15(19)12-5-7-14(8-6-12)18(21)22/h2-9H,10H2,1H3,(H,17,20). The van der Waals surface area contributed by atoms with Crippen LogP contribution in [0.15, 0.2) is 48.5 Å². The zero-order chi connectivity index (χ0) is 16.1. The number of Topliss-reactive ketones (excluding diaryl/α,β-unsaturated/α-hetero) is 1. The molecule has 0 bridgehead atoms. The molecule has 6 nitrogen and oxygen atoms in total. The zero-order valence-corrected chi connectivity index (χ0v) is 11.9. The van der Waals surface area contributed by atoms with Gasteiger partial charge in [0.05, 0.1) is 11.3 Å². The van der Waals surface area contributed by atoms with Gasteiger partial charge in [-0.05, 0) is 36.8 Å². The van der Waals surface area contributed by atoms with Crippen molar-refractivity contribution < 1.29 is 14.5 Å². The van der Waals surface area contributed by atoms with Gasteiger partial charge in [-0.2, -0.15) is 0 Å². The first-order valence-corrected chi connectivity index (χ1v) is 6.60. The lowest BCUT2D eigenvalue weighted by atomic mass is 10.1. The highest BCUT2D eigenvalue weighted by Gasteiger charge is 2.13. The molecule has 0 aliphatic heterocycles. The van der Waals surface area contributed by atoms with Crippen LogP contribution < -0.4 is 5.32 Å². The molecule has 6 heteroatoms. The monoisotopic (exact) mass is 298 g/mol. The number of hydrogen-bond donors (Lipinski definition) is 1. The summed E-state index contributed by atoms with van der Waals surface area (Å²) in [5.74, 6) is -0.811. The van der Waals surface area contributed by atoms with Crippen molar-refractivity contribution in [3.8, 4) is 0 Å². The van der Waals surface area contributed by atoms with Gasteiger partial charge in [-0.1, -0.05) is 12.1 Å². The molecule has 2 aromatic carbocycles. The van der Waals surface area contributed by atoms with Gasteiger partial charge >= 0.3 is 0 Å². The highest BCUT2D eigenvalue weighted by atomic mass is 16.6. The van der Waals surface area contributed by atoms with Crippen LogP contribution in [0, 0.1) is 17.0 Å². The molecule has 22 heavy (non-hydrogen) atoms. The third-order valence-electron chi connectivity index (χ3n) is 3.02. The Kier molecular flexibility index (Phi) is 4.63. The highest BCUT2D eigenvalue weighted by molar-refractivity contribution is 6.11. The average molecular weight is 298 g/mol. The number of hydrogen-bond acceptors (Lipinski definition) is 4. The molecule has 0 aliphatic rings. The summed E-state index contributed by atoms with van der Waals surface area (Å²) < 4.78 is 0. The van der Waals surface area contributed by atoms with Gasteiger partial charge in [0, 0.05) is 23.4 Å². The molecular formula is C16H14N2O4. The third kappa shape index (κ3) is 3.99. The smallest absolute Gasteiger partial charge is 0.269 e. The molecule has 112 valence electrons. The van der Waals surface area contributed by atoms with E-state index in [0.29, 0.717) is 5.69 Å². The van der Waals surface area contributed by atoms with Crippen molar-refractivity contribution in [2.75, 3.05) is 5.32 Å². The van der Waals surface area contributed by atoms with E-state index in [0.717, 1.165) is 5.56 Å². The average Bonchev–Trinajstić information content (AvgIpc) is 2.47. The number of carbonyl (C=O) groups excluding carboxylic acids is 2. The van der Waals surface area contributed by atoms with Crippen LogP contribution in [0.4, 0.5) is 11.4 Å². The van der Waals surface area contributed by atoms with Crippen molar-refractivity contribution in [1.82, 2.24) is 0 Å². The summed E-state index contributed by atoms with van der Waals surface area (Å²) in [5, 5.41) is 13.2. The van der Waals surface area contributed by atoms with Crippen molar-refractivity contribution in [3.63, 3.8) is 0 Å². The maximum Gasteiger partial charge on any atom is 0.269 e. The van der Waals surface area contributed by atoms with E-state index in [1.165, 1.54) is 24.3 Å². The second-order valence-corrected chi connectivity index (χ2v) is 4.82. The summed E-state index contributed by atoms with van der Waals surface area (Å²) in [6.45, 7) is 1.90. The van der Waals surface area contributed by atoms with Gasteiger partial charge < -0.3 is 5.32 Å². The first-order valence-electron chi connectivity index (χ1n) is 6.60. The lowest BCUT2D eigenvalue weighted by Crippen LogP contribution is -2.16. The van der Waals surface area contributed by atoms with Crippen LogP contribution >= 0.6 is 0 Å². The molecule has 2 rings (SSSR count). The fourth-order valence-electron chi connectivity index (χ4n) is 1.94. The van der Waals surface area contributed by atoms with Crippen molar-refractivity contribution >= 4 is 23.1 Å². The topological polar surface area (TPSA) is 89.3 Å². The molecule has 0 fully saturated rings. The number of nitrogens with zero attached hydrogens (tertiary/aromatic N) is 1. The van der Waals surface area contributed by atoms with E-state index in [-0.39, 0.29) is 23.5 Å². The van der Waals surface area contributed by atoms with Crippen LogP contribution in [-0.4, -0.2) is 16.6 Å². The Morgan fingerprint density at radius 1 is 1.14 bits per heavy atom. The van der Waals surface area contributed by atoms with Gasteiger partial charge in [0.15, 0.2) is 5.78 Å². The Labute approximate surface area is 126 Å². The first-order chi connectivity index (χ1) is 10.5. The van der Waals surface area contributed by atoms with E-state index >= 15 is 0 Å². The summed E-state index contributed by atoms with van der Waals surface area (Å²) in [6, 6.07) is 12.4. The molecule has 0 aliphatic carbocycles. The molecule has 0 aromatic heterocycles. The molecule has 1 N–H and O–H groups in total. The Bertz CT molecular complexity index is 723. The Morgan fingerprint density at radius 2 is 1.82 bits per heavy atom. The van der Waals surface area contributed by atoms with Crippen LogP contribution in [0.25, 0.3) is 0 Å². The number of anilines is 1. The third-order valence-corrected chi connectivity index (χ3v) is 3.02. The van der Waals surface area contributed by atoms with Crippen molar-refractivity contribution in [2.24, 2.45) is 0 Å². The number of non-ortho nitro benzene ring substituents is 1. The van der Waals surface area contributed by atoms with Gasteiger partial charge in [-0.15, -0.1) is 0 Å². The Balaban J connectivity index is 1.99. The van der Waals surface area contributed by atoms with Crippen LogP contribution in [0.5, 0.6) is 0 Å². The Morgan fingerprint density at radius 3 is 2.41 bits per heavy atom. The summed E-state index contributed by atoms with van der Waals surface area (Å²) in [4.78, 5) is 33.8. The zero-order valence-electron chi connectivity index (χ0n) is 11.9. The molecule has 0 saturated heterocycles. The summed E-state index contributed by atoms with van der Waals surface area (Å²) in [6.07, 6.45) is -0.314. The number of amides is 1. The number of carbonyl (C=O) groups is 2. The predicted octanol–water partition coefficient (Wildman–Crippen LogP) is 3.11. The van der Waals surface area contributed by atoms with Crippen LogP contribution in [-0.2, 0) is 4.79 Å². The number of ketones is 1. The number of nitro benzene ring substituents is 1. The SMILES string of the molecule is Cc1cccc(NC(=O)CC(=O)c2ccc([N+](=O)[O-])cc2)c1. The number of aryl methyl sites for hydroxylation is 1. The molecule has 0 spiro atoms. The number of nitrogens with one attached hydrogen (secondary N) is 1. The molecule has 1 amide bonds. The minimum atomic E-state index is -0.543. The van der Waals surface area contributed by atoms with Crippen molar-refractivity contribution in [1.29, 1.82) is 0 Å². The number of nitro groups is 1. The predicted molar refractivity (Wildman–Crippen MR) is 81.9 cm³/mol. The number of benzene rings is 2. The van der Waals surface area contributed by atoms with E-state index in [9.17, 15) is 19.7 Å². The lowest BCUT2D eigenvalue weighted by molar-refractivity contribution is -0.384. The molecule has 0 unspecified atom stereocenters. The Hall–Kier alpha value is -3.02. The number of rotatable bonds is 5. The van der Waals surface area contributed by atoms with Crippen LogP contribution in [0.1, 0.15) is 22.3 Å². The van der Waals surface area contributed by atoms with E-state index in [1.54, 1.807) is 12.1 Å². The molecule has 0 atom stereocenters. The summed E-state index contributed by atoms with van der Waals surface area (Å²) >= 11 is 0. The summed E-state index contributed by atoms with van der Waals surface area (Å²) in [7, 11) is 0. The van der Waals surface area contributed by atoms with E-state index in [2.05, 4.69) is 5.32 Å². The minimum absolute atomic E-state index is 0.0965. The van der Waals surface area contributed by atoms with Crippen molar-refractivity contribution in [2.45, 2.75) is 13.3 Å². The van der Waals surface area contributed by atoms with Gasteiger partial charge in [-0.3, -0.25) is 19.7 Å². The molecule has 0 saturated carbocycles. The fourth-order valence-corrected chi connectivity index (χ4v) is 1.94. The second kappa shape index (κ2) is 6.62. The maximum absolute atomic E-state index is 12.0. The van der Waals surface area contributed by atoms with E-state index in [4.69, 9.17) is 0 Å². The van der Waals surface area contributed by atoms with Crippen LogP contribution in [0.2, 0.25) is 0 Å². The maximum atomic E-state index is 12.0.